The standard InChI is InChI=1S/C35H50N2O5S/c1-3-4-5-6-7-8-9-10-11-12-13-14-15-16-17-20-27-36(2)34(39)30-25-23-29(24-26-30)32(38)28-37-35(40)31-21-18-19-22-33(31)43(37,41)42/h18-19,21-26H,3-17,20,27-28H2,1-2H3. The summed E-state index contributed by atoms with van der Waals surface area (Å²) in [6, 6.07) is 12.1. The van der Waals surface area contributed by atoms with Crippen molar-refractivity contribution in [3.05, 3.63) is 65.2 Å². The number of fused-ring (bicyclic) bond motifs is 1. The van der Waals surface area contributed by atoms with E-state index in [0.29, 0.717) is 16.4 Å². The maximum absolute atomic E-state index is 12.9. The first-order valence-electron chi connectivity index (χ1n) is 16.3. The molecule has 0 bridgehead atoms. The molecule has 0 fully saturated rings. The Labute approximate surface area is 259 Å². The van der Waals surface area contributed by atoms with Crippen molar-refractivity contribution in [1.29, 1.82) is 0 Å². The highest BCUT2D eigenvalue weighted by atomic mass is 32.2. The van der Waals surface area contributed by atoms with Crippen LogP contribution in [0.5, 0.6) is 0 Å². The summed E-state index contributed by atoms with van der Waals surface area (Å²) in [5.74, 6) is -1.33. The van der Waals surface area contributed by atoms with Gasteiger partial charge in [0.05, 0.1) is 5.56 Å². The molecular formula is C35H50N2O5S. The lowest BCUT2D eigenvalue weighted by atomic mass is 10.0. The number of Topliss-reactive ketones (excluding diaryl/α,β-unsaturated/α-hetero) is 1. The van der Waals surface area contributed by atoms with Crippen molar-refractivity contribution in [2.24, 2.45) is 0 Å². The van der Waals surface area contributed by atoms with E-state index < -0.39 is 28.3 Å². The summed E-state index contributed by atoms with van der Waals surface area (Å²) in [5.41, 5.74) is 0.785. The van der Waals surface area contributed by atoms with E-state index >= 15 is 0 Å². The third-order valence-electron chi connectivity index (χ3n) is 8.35. The summed E-state index contributed by atoms with van der Waals surface area (Å²) in [4.78, 5) is 39.9. The molecule has 0 atom stereocenters. The predicted molar refractivity (Wildman–Crippen MR) is 172 cm³/mol. The minimum atomic E-state index is -4.06. The molecule has 2 aromatic rings. The average molecular weight is 611 g/mol. The van der Waals surface area contributed by atoms with Crippen LogP contribution < -0.4 is 0 Å². The monoisotopic (exact) mass is 610 g/mol. The van der Waals surface area contributed by atoms with Crippen LogP contribution in [-0.2, 0) is 10.0 Å². The highest BCUT2D eigenvalue weighted by molar-refractivity contribution is 7.90. The van der Waals surface area contributed by atoms with E-state index in [9.17, 15) is 22.8 Å². The lowest BCUT2D eigenvalue weighted by Gasteiger charge is -2.17. The molecular weight excluding hydrogens is 560 g/mol. The van der Waals surface area contributed by atoms with Gasteiger partial charge in [-0.15, -0.1) is 0 Å². The van der Waals surface area contributed by atoms with E-state index in [2.05, 4.69) is 6.92 Å². The minimum Gasteiger partial charge on any atom is -0.342 e. The SMILES string of the molecule is CCCCCCCCCCCCCCCCCCN(C)C(=O)c1ccc(C(=O)CN2C(=O)c3ccccc3S2(=O)=O)cc1. The van der Waals surface area contributed by atoms with Crippen LogP contribution >= 0.6 is 0 Å². The number of benzene rings is 2. The normalized spacial score (nSPS) is 13.7. The number of amides is 2. The van der Waals surface area contributed by atoms with Gasteiger partial charge in [0.25, 0.3) is 21.8 Å². The molecule has 0 saturated heterocycles. The fraction of sp³-hybridized carbons (Fsp3) is 0.571. The van der Waals surface area contributed by atoms with Crippen LogP contribution in [0, 0.1) is 0 Å². The molecule has 1 heterocycles. The van der Waals surface area contributed by atoms with E-state index in [1.165, 1.54) is 114 Å². The molecule has 0 aromatic heterocycles. The maximum atomic E-state index is 12.9. The Balaban J connectivity index is 1.27. The van der Waals surface area contributed by atoms with Gasteiger partial charge in [0.2, 0.25) is 0 Å². The summed E-state index contributed by atoms with van der Waals surface area (Å²) in [7, 11) is -2.27. The Morgan fingerprint density at radius 1 is 0.674 bits per heavy atom. The van der Waals surface area contributed by atoms with E-state index in [4.69, 9.17) is 0 Å². The molecule has 236 valence electrons. The molecule has 43 heavy (non-hydrogen) atoms. The van der Waals surface area contributed by atoms with Gasteiger partial charge in [-0.2, -0.15) is 0 Å². The Morgan fingerprint density at radius 3 is 1.65 bits per heavy atom. The molecule has 2 amide bonds. The highest BCUT2D eigenvalue weighted by Gasteiger charge is 2.41. The molecule has 0 saturated carbocycles. The molecule has 3 rings (SSSR count). The first kappa shape index (κ1) is 34.5. The fourth-order valence-electron chi connectivity index (χ4n) is 5.63. The summed E-state index contributed by atoms with van der Waals surface area (Å²) in [6.07, 6.45) is 20.9. The van der Waals surface area contributed by atoms with Crippen LogP contribution in [0.3, 0.4) is 0 Å². The molecule has 2 aromatic carbocycles. The number of nitrogens with zero attached hydrogens (tertiary/aromatic N) is 2. The van der Waals surface area contributed by atoms with Crippen LogP contribution in [0.4, 0.5) is 0 Å². The predicted octanol–water partition coefficient (Wildman–Crippen LogP) is 8.05. The quantitative estimate of drug-likeness (QED) is 0.105. The Kier molecular flexibility index (Phi) is 14.4. The minimum absolute atomic E-state index is 0.0728. The van der Waals surface area contributed by atoms with Crippen molar-refractivity contribution < 1.29 is 22.8 Å². The number of carbonyl (C=O) groups is 3. The highest BCUT2D eigenvalue weighted by Crippen LogP contribution is 2.30. The summed E-state index contributed by atoms with van der Waals surface area (Å²) < 4.78 is 26.1. The summed E-state index contributed by atoms with van der Waals surface area (Å²) in [5, 5.41) is 0. The van der Waals surface area contributed by atoms with Crippen LogP contribution in [0.1, 0.15) is 141 Å². The lowest BCUT2D eigenvalue weighted by molar-refractivity contribution is 0.0791. The molecule has 0 radical (unpaired) electrons. The first-order chi connectivity index (χ1) is 20.8. The molecule has 8 heteroatoms. The van der Waals surface area contributed by atoms with Gasteiger partial charge in [0.15, 0.2) is 5.78 Å². The van der Waals surface area contributed by atoms with Gasteiger partial charge in [-0.1, -0.05) is 128 Å². The maximum Gasteiger partial charge on any atom is 0.269 e. The Hall–Kier alpha value is -3.00. The first-order valence-corrected chi connectivity index (χ1v) is 17.8. The summed E-state index contributed by atoms with van der Waals surface area (Å²) in [6.45, 7) is 2.36. The molecule has 7 nitrogen and oxygen atoms in total. The van der Waals surface area contributed by atoms with Crippen LogP contribution in [0.15, 0.2) is 53.4 Å². The second-order valence-electron chi connectivity index (χ2n) is 11.8. The van der Waals surface area contributed by atoms with Gasteiger partial charge in [-0.25, -0.2) is 12.7 Å². The van der Waals surface area contributed by atoms with Crippen molar-refractivity contribution >= 4 is 27.6 Å². The molecule has 0 unspecified atom stereocenters. The topological polar surface area (TPSA) is 91.8 Å². The van der Waals surface area contributed by atoms with Crippen LogP contribution in [0.2, 0.25) is 0 Å². The largest absolute Gasteiger partial charge is 0.342 e. The molecule has 1 aliphatic rings. The van der Waals surface area contributed by atoms with Crippen molar-refractivity contribution in [2.45, 2.75) is 115 Å². The van der Waals surface area contributed by atoms with Crippen LogP contribution in [0.25, 0.3) is 0 Å². The number of hydrogen-bond donors (Lipinski definition) is 0. The van der Waals surface area contributed by atoms with E-state index in [-0.39, 0.29) is 21.9 Å². The van der Waals surface area contributed by atoms with Gasteiger partial charge < -0.3 is 4.90 Å². The van der Waals surface area contributed by atoms with Gasteiger partial charge in [0.1, 0.15) is 11.4 Å². The Morgan fingerprint density at radius 2 is 1.14 bits per heavy atom. The summed E-state index contributed by atoms with van der Waals surface area (Å²) >= 11 is 0. The van der Waals surface area contributed by atoms with Crippen molar-refractivity contribution in [3.63, 3.8) is 0 Å². The van der Waals surface area contributed by atoms with E-state index in [1.807, 2.05) is 0 Å². The lowest BCUT2D eigenvalue weighted by Crippen LogP contribution is -2.35. The molecule has 0 spiro atoms. The van der Waals surface area contributed by atoms with E-state index in [1.54, 1.807) is 36.2 Å². The fourth-order valence-corrected chi connectivity index (χ4v) is 7.15. The third-order valence-corrected chi connectivity index (χ3v) is 10.1. The number of hydrogen-bond acceptors (Lipinski definition) is 5. The smallest absolute Gasteiger partial charge is 0.269 e. The van der Waals surface area contributed by atoms with E-state index in [0.717, 1.165) is 12.8 Å². The second kappa shape index (κ2) is 18.0. The molecule has 0 N–H and O–H groups in total. The average Bonchev–Trinajstić information content (AvgIpc) is 3.20. The van der Waals surface area contributed by atoms with Gasteiger partial charge >= 0.3 is 0 Å². The van der Waals surface area contributed by atoms with Gasteiger partial charge in [-0.05, 0) is 30.7 Å². The number of rotatable bonds is 21. The zero-order valence-electron chi connectivity index (χ0n) is 26.2. The zero-order chi connectivity index (χ0) is 31.1. The zero-order valence-corrected chi connectivity index (χ0v) is 27.0. The second-order valence-corrected chi connectivity index (χ2v) is 13.7. The molecule has 0 aliphatic carbocycles. The van der Waals surface area contributed by atoms with Crippen LogP contribution in [-0.4, -0.2) is 55.4 Å². The number of unbranched alkanes of at least 4 members (excludes halogenated alkanes) is 15. The Bertz CT molecular complexity index is 1290. The number of carbonyl (C=O) groups excluding carboxylic acids is 3. The van der Waals surface area contributed by atoms with Crippen molar-refractivity contribution in [3.8, 4) is 0 Å². The third kappa shape index (κ3) is 10.3. The van der Waals surface area contributed by atoms with Gasteiger partial charge in [0, 0.05) is 24.7 Å². The number of ketones is 1. The molecule has 1 aliphatic heterocycles. The number of sulfonamides is 1. The van der Waals surface area contributed by atoms with Gasteiger partial charge in [-0.3, -0.25) is 14.4 Å². The van der Waals surface area contributed by atoms with Crippen molar-refractivity contribution in [1.82, 2.24) is 9.21 Å². The van der Waals surface area contributed by atoms with Crippen molar-refractivity contribution in [2.75, 3.05) is 20.1 Å².